The van der Waals surface area contributed by atoms with E-state index in [1.807, 2.05) is 6.92 Å². The lowest BCUT2D eigenvalue weighted by atomic mass is 10.2. The lowest BCUT2D eigenvalue weighted by Crippen LogP contribution is -2.55. The second-order valence-corrected chi connectivity index (χ2v) is 4.62. The summed E-state index contributed by atoms with van der Waals surface area (Å²) in [6, 6.07) is -0.428. The van der Waals surface area contributed by atoms with E-state index in [9.17, 15) is 9.59 Å². The number of hydrogen-bond donors (Lipinski definition) is 1. The van der Waals surface area contributed by atoms with Crippen molar-refractivity contribution in [1.82, 2.24) is 19.8 Å². The van der Waals surface area contributed by atoms with Gasteiger partial charge in [0.25, 0.3) is 5.91 Å². The number of hydrogen-bond acceptors (Lipinski definition) is 5. The molecule has 1 aliphatic heterocycles. The average molecular weight is 254 g/mol. The molecule has 2 rings (SSSR count). The highest BCUT2D eigenvalue weighted by Crippen LogP contribution is 2.17. The van der Waals surface area contributed by atoms with Gasteiger partial charge < -0.3 is 10.2 Å². The minimum atomic E-state index is -0.428. The van der Waals surface area contributed by atoms with E-state index in [1.165, 1.54) is 0 Å². The molecule has 0 saturated carbocycles. The van der Waals surface area contributed by atoms with Gasteiger partial charge in [-0.25, -0.2) is 0 Å². The second kappa shape index (κ2) is 4.79. The molecule has 0 bridgehead atoms. The summed E-state index contributed by atoms with van der Waals surface area (Å²) < 4.78 is 3.80. The summed E-state index contributed by atoms with van der Waals surface area (Å²) >= 11 is 1.10. The summed E-state index contributed by atoms with van der Waals surface area (Å²) in [4.78, 5) is 25.9. The maximum absolute atomic E-state index is 12.3. The molecular weight excluding hydrogens is 240 g/mol. The van der Waals surface area contributed by atoms with Crippen molar-refractivity contribution in [3.8, 4) is 0 Å². The molecule has 7 heteroatoms. The van der Waals surface area contributed by atoms with E-state index in [2.05, 4.69) is 14.9 Å². The van der Waals surface area contributed by atoms with Crippen LogP contribution in [0.5, 0.6) is 0 Å². The number of aromatic nitrogens is 2. The number of carbonyl (C=O) groups excluding carboxylic acids is 2. The van der Waals surface area contributed by atoms with Crippen LogP contribution in [0.15, 0.2) is 0 Å². The first kappa shape index (κ1) is 12.0. The van der Waals surface area contributed by atoms with E-state index < -0.39 is 6.04 Å². The van der Waals surface area contributed by atoms with Crippen molar-refractivity contribution in [2.75, 3.05) is 13.1 Å². The largest absolute Gasteiger partial charge is 0.353 e. The van der Waals surface area contributed by atoms with E-state index in [-0.39, 0.29) is 11.8 Å². The molecule has 0 aliphatic carbocycles. The second-order valence-electron chi connectivity index (χ2n) is 3.87. The van der Waals surface area contributed by atoms with Crippen molar-refractivity contribution < 1.29 is 9.59 Å². The zero-order chi connectivity index (χ0) is 12.4. The molecule has 1 atom stereocenters. The van der Waals surface area contributed by atoms with E-state index in [1.54, 1.807) is 11.8 Å². The Hall–Kier alpha value is -1.50. The third-order valence-corrected chi connectivity index (χ3v) is 3.60. The highest BCUT2D eigenvalue weighted by molar-refractivity contribution is 7.08. The SMILES string of the molecule is CCc1nnsc1C(=O)N1CCNC(=O)C1C. The molecule has 0 radical (unpaired) electrons. The number of carbonyl (C=O) groups is 2. The van der Waals surface area contributed by atoms with Crippen molar-refractivity contribution in [1.29, 1.82) is 0 Å². The molecule has 17 heavy (non-hydrogen) atoms. The Balaban J connectivity index is 2.22. The van der Waals surface area contributed by atoms with Crippen LogP contribution in [0.25, 0.3) is 0 Å². The molecule has 1 aliphatic rings. The van der Waals surface area contributed by atoms with Crippen LogP contribution < -0.4 is 5.32 Å². The first-order chi connectivity index (χ1) is 8.15. The Morgan fingerprint density at radius 1 is 1.65 bits per heavy atom. The number of piperazine rings is 1. The fraction of sp³-hybridized carbons (Fsp3) is 0.600. The first-order valence-electron chi connectivity index (χ1n) is 5.55. The van der Waals surface area contributed by atoms with Crippen molar-refractivity contribution in [3.63, 3.8) is 0 Å². The number of aryl methyl sites for hydroxylation is 1. The maximum Gasteiger partial charge on any atom is 0.268 e. The van der Waals surface area contributed by atoms with Crippen LogP contribution in [-0.2, 0) is 11.2 Å². The lowest BCUT2D eigenvalue weighted by molar-refractivity contribution is -0.127. The van der Waals surface area contributed by atoms with E-state index in [0.717, 1.165) is 11.5 Å². The number of nitrogens with one attached hydrogen (secondary N) is 1. The zero-order valence-electron chi connectivity index (χ0n) is 9.77. The van der Waals surface area contributed by atoms with Gasteiger partial charge in [0.2, 0.25) is 5.91 Å². The molecule has 6 nitrogen and oxygen atoms in total. The number of nitrogens with zero attached hydrogens (tertiary/aromatic N) is 3. The topological polar surface area (TPSA) is 75.2 Å². The zero-order valence-corrected chi connectivity index (χ0v) is 10.6. The van der Waals surface area contributed by atoms with Gasteiger partial charge in [-0.2, -0.15) is 0 Å². The quantitative estimate of drug-likeness (QED) is 0.810. The van der Waals surface area contributed by atoms with Crippen LogP contribution in [0.2, 0.25) is 0 Å². The molecule has 2 heterocycles. The minimum Gasteiger partial charge on any atom is -0.353 e. The highest BCUT2D eigenvalue weighted by Gasteiger charge is 2.31. The summed E-state index contributed by atoms with van der Waals surface area (Å²) in [5.41, 5.74) is 0.707. The standard InChI is InChI=1S/C10H14N4O2S/c1-3-7-8(17-13-12-7)10(16)14-5-4-11-9(15)6(14)2/h6H,3-5H2,1-2H3,(H,11,15). The van der Waals surface area contributed by atoms with Crippen LogP contribution in [0, 0.1) is 0 Å². The lowest BCUT2D eigenvalue weighted by Gasteiger charge is -2.32. The third-order valence-electron chi connectivity index (χ3n) is 2.84. The summed E-state index contributed by atoms with van der Waals surface area (Å²) in [6.07, 6.45) is 0.673. The Morgan fingerprint density at radius 3 is 3.12 bits per heavy atom. The fourth-order valence-electron chi connectivity index (χ4n) is 1.79. The van der Waals surface area contributed by atoms with Crippen LogP contribution in [0.1, 0.15) is 29.2 Å². The maximum atomic E-state index is 12.3. The molecule has 1 aromatic rings. The first-order valence-corrected chi connectivity index (χ1v) is 6.32. The third kappa shape index (κ3) is 2.14. The molecule has 1 fully saturated rings. The normalized spacial score (nSPS) is 20.2. The Labute approximate surface area is 103 Å². The number of rotatable bonds is 2. The van der Waals surface area contributed by atoms with Gasteiger partial charge in [-0.1, -0.05) is 11.4 Å². The molecule has 1 saturated heterocycles. The monoisotopic (exact) mass is 254 g/mol. The van der Waals surface area contributed by atoms with E-state index in [4.69, 9.17) is 0 Å². The van der Waals surface area contributed by atoms with Gasteiger partial charge in [-0.3, -0.25) is 9.59 Å². The predicted octanol–water partition coefficient (Wildman–Crippen LogP) is 0.0610. The Bertz CT molecular complexity index is 445. The van der Waals surface area contributed by atoms with Gasteiger partial charge >= 0.3 is 0 Å². The minimum absolute atomic E-state index is 0.111. The molecule has 1 unspecified atom stereocenters. The Kier molecular flexibility index (Phi) is 3.37. The average Bonchev–Trinajstić information content (AvgIpc) is 2.80. The van der Waals surface area contributed by atoms with E-state index in [0.29, 0.717) is 30.1 Å². The summed E-state index contributed by atoms with van der Waals surface area (Å²) in [7, 11) is 0. The van der Waals surface area contributed by atoms with Gasteiger partial charge in [0.05, 0.1) is 5.69 Å². The van der Waals surface area contributed by atoms with E-state index >= 15 is 0 Å². The van der Waals surface area contributed by atoms with Gasteiger partial charge in [0.1, 0.15) is 10.9 Å². The molecule has 92 valence electrons. The fourth-order valence-corrected chi connectivity index (χ4v) is 2.50. The number of amides is 2. The summed E-state index contributed by atoms with van der Waals surface area (Å²) in [6.45, 7) is 4.70. The smallest absolute Gasteiger partial charge is 0.268 e. The molecule has 1 N–H and O–H groups in total. The van der Waals surface area contributed by atoms with Crippen LogP contribution >= 0.6 is 11.5 Å². The van der Waals surface area contributed by atoms with Gasteiger partial charge in [0, 0.05) is 13.1 Å². The van der Waals surface area contributed by atoms with Crippen molar-refractivity contribution >= 4 is 23.3 Å². The van der Waals surface area contributed by atoms with Gasteiger partial charge in [-0.15, -0.1) is 5.10 Å². The summed E-state index contributed by atoms with van der Waals surface area (Å²) in [5.74, 6) is -0.251. The van der Waals surface area contributed by atoms with Gasteiger partial charge in [-0.05, 0) is 24.9 Å². The summed E-state index contributed by atoms with van der Waals surface area (Å²) in [5, 5.41) is 6.64. The van der Waals surface area contributed by atoms with Crippen molar-refractivity contribution in [3.05, 3.63) is 10.6 Å². The molecule has 1 aromatic heterocycles. The predicted molar refractivity (Wildman–Crippen MR) is 62.8 cm³/mol. The highest BCUT2D eigenvalue weighted by atomic mass is 32.1. The van der Waals surface area contributed by atoms with Crippen molar-refractivity contribution in [2.45, 2.75) is 26.3 Å². The molecular formula is C10H14N4O2S. The molecule has 0 spiro atoms. The van der Waals surface area contributed by atoms with Crippen molar-refractivity contribution in [2.24, 2.45) is 0 Å². The molecule has 0 aromatic carbocycles. The molecule has 2 amide bonds. The van der Waals surface area contributed by atoms with Gasteiger partial charge in [0.15, 0.2) is 0 Å². The van der Waals surface area contributed by atoms with Crippen LogP contribution in [-0.4, -0.2) is 45.4 Å². The Morgan fingerprint density at radius 2 is 2.41 bits per heavy atom. The van der Waals surface area contributed by atoms with Crippen LogP contribution in [0.4, 0.5) is 0 Å². The van der Waals surface area contributed by atoms with Crippen LogP contribution in [0.3, 0.4) is 0 Å².